The van der Waals surface area contributed by atoms with Crippen LogP contribution in [0.3, 0.4) is 0 Å². The minimum Gasteiger partial charge on any atom is -0.492 e. The van der Waals surface area contributed by atoms with E-state index < -0.39 is 0 Å². The number of ether oxygens (including phenoxy) is 1. The highest BCUT2D eigenvalue weighted by Crippen LogP contribution is 2.26. The lowest BCUT2D eigenvalue weighted by Gasteiger charge is -2.07. The van der Waals surface area contributed by atoms with Crippen molar-refractivity contribution in [3.05, 3.63) is 28.8 Å². The summed E-state index contributed by atoms with van der Waals surface area (Å²) in [6.07, 6.45) is 0.980. The molecule has 0 aliphatic rings. The van der Waals surface area contributed by atoms with Gasteiger partial charge in [0.1, 0.15) is 5.75 Å². The van der Waals surface area contributed by atoms with Gasteiger partial charge >= 0.3 is 0 Å². The first-order chi connectivity index (χ1) is 6.27. The van der Waals surface area contributed by atoms with Crippen molar-refractivity contribution < 1.29 is 4.74 Å². The molecule has 0 heterocycles. The molecule has 0 radical (unpaired) electrons. The fourth-order valence-corrected chi connectivity index (χ4v) is 1.38. The van der Waals surface area contributed by atoms with Crippen molar-refractivity contribution in [3.63, 3.8) is 0 Å². The van der Waals surface area contributed by atoms with Crippen LogP contribution in [0.2, 0.25) is 5.02 Å². The Labute approximate surface area is 88.6 Å². The number of benzene rings is 1. The van der Waals surface area contributed by atoms with E-state index in [4.69, 9.17) is 27.9 Å². The van der Waals surface area contributed by atoms with Crippen LogP contribution in [-0.2, 0) is 5.88 Å². The smallest absolute Gasteiger partial charge is 0.137 e. The average molecular weight is 219 g/mol. The zero-order valence-corrected chi connectivity index (χ0v) is 9.03. The van der Waals surface area contributed by atoms with Crippen LogP contribution in [0.15, 0.2) is 18.2 Å². The van der Waals surface area contributed by atoms with Crippen molar-refractivity contribution in [1.82, 2.24) is 0 Å². The summed E-state index contributed by atoms with van der Waals surface area (Å²) in [6.45, 7) is 2.75. The highest BCUT2D eigenvalue weighted by Gasteiger charge is 2.01. The Balaban J connectivity index is 2.73. The number of hydrogen-bond acceptors (Lipinski definition) is 1. The standard InChI is InChI=1S/C10H12Cl2O/c1-2-5-13-10-4-3-8(7-11)6-9(10)12/h3-4,6H,2,5,7H2,1H3. The van der Waals surface area contributed by atoms with Crippen LogP contribution >= 0.6 is 23.2 Å². The van der Waals surface area contributed by atoms with Gasteiger partial charge in [-0.15, -0.1) is 11.6 Å². The van der Waals surface area contributed by atoms with Gasteiger partial charge in [0.05, 0.1) is 11.6 Å². The van der Waals surface area contributed by atoms with Gasteiger partial charge in [-0.2, -0.15) is 0 Å². The highest BCUT2D eigenvalue weighted by molar-refractivity contribution is 6.32. The molecule has 1 rings (SSSR count). The minimum absolute atomic E-state index is 0.480. The summed E-state index contributed by atoms with van der Waals surface area (Å²) in [6, 6.07) is 5.61. The SMILES string of the molecule is CCCOc1ccc(CCl)cc1Cl. The van der Waals surface area contributed by atoms with Gasteiger partial charge in [0.2, 0.25) is 0 Å². The summed E-state index contributed by atoms with van der Waals surface area (Å²) in [5.41, 5.74) is 1.01. The van der Waals surface area contributed by atoms with Crippen LogP contribution in [0, 0.1) is 0 Å². The van der Waals surface area contributed by atoms with E-state index in [2.05, 4.69) is 6.92 Å². The molecule has 0 fully saturated rings. The van der Waals surface area contributed by atoms with Gasteiger partial charge in [-0.05, 0) is 24.1 Å². The Morgan fingerprint density at radius 1 is 1.38 bits per heavy atom. The molecule has 13 heavy (non-hydrogen) atoms. The first-order valence-corrected chi connectivity index (χ1v) is 5.16. The molecule has 0 amide bonds. The molecule has 3 heteroatoms. The quantitative estimate of drug-likeness (QED) is 0.698. The zero-order valence-electron chi connectivity index (χ0n) is 7.52. The third kappa shape index (κ3) is 3.09. The van der Waals surface area contributed by atoms with Gasteiger partial charge in [0, 0.05) is 5.88 Å². The summed E-state index contributed by atoms with van der Waals surface area (Å²) >= 11 is 11.6. The van der Waals surface area contributed by atoms with Crippen molar-refractivity contribution in [2.24, 2.45) is 0 Å². The molecule has 0 atom stereocenters. The van der Waals surface area contributed by atoms with Gasteiger partial charge in [-0.3, -0.25) is 0 Å². The Hall–Kier alpha value is -0.400. The molecule has 72 valence electrons. The van der Waals surface area contributed by atoms with Gasteiger partial charge in [-0.1, -0.05) is 24.6 Å². The molecule has 0 bridgehead atoms. The second-order valence-corrected chi connectivity index (χ2v) is 3.42. The van der Waals surface area contributed by atoms with Crippen molar-refractivity contribution >= 4 is 23.2 Å². The number of alkyl halides is 1. The van der Waals surface area contributed by atoms with E-state index in [1.807, 2.05) is 18.2 Å². The van der Waals surface area contributed by atoms with Gasteiger partial charge in [0.25, 0.3) is 0 Å². The van der Waals surface area contributed by atoms with Crippen LogP contribution < -0.4 is 4.74 Å². The van der Waals surface area contributed by atoms with Crippen molar-refractivity contribution in [1.29, 1.82) is 0 Å². The van der Waals surface area contributed by atoms with E-state index in [1.54, 1.807) is 0 Å². The third-order valence-electron chi connectivity index (χ3n) is 1.61. The van der Waals surface area contributed by atoms with Gasteiger partial charge in [0.15, 0.2) is 0 Å². The summed E-state index contributed by atoms with van der Waals surface area (Å²) in [5, 5.41) is 0.631. The lowest BCUT2D eigenvalue weighted by molar-refractivity contribution is 0.317. The molecule has 0 N–H and O–H groups in total. The highest BCUT2D eigenvalue weighted by atomic mass is 35.5. The monoisotopic (exact) mass is 218 g/mol. The predicted octanol–water partition coefficient (Wildman–Crippen LogP) is 3.87. The fraction of sp³-hybridized carbons (Fsp3) is 0.400. The van der Waals surface area contributed by atoms with E-state index in [9.17, 15) is 0 Å². The second-order valence-electron chi connectivity index (χ2n) is 2.75. The lowest BCUT2D eigenvalue weighted by Crippen LogP contribution is -1.95. The molecule has 0 saturated heterocycles. The van der Waals surface area contributed by atoms with Crippen LogP contribution in [0.1, 0.15) is 18.9 Å². The van der Waals surface area contributed by atoms with Crippen LogP contribution in [0.25, 0.3) is 0 Å². The molecule has 0 aliphatic heterocycles. The topological polar surface area (TPSA) is 9.23 Å². The largest absolute Gasteiger partial charge is 0.492 e. The molecule has 1 nitrogen and oxygen atoms in total. The molecular formula is C10H12Cl2O. The van der Waals surface area contributed by atoms with Crippen molar-refractivity contribution in [2.45, 2.75) is 19.2 Å². The van der Waals surface area contributed by atoms with Gasteiger partial charge < -0.3 is 4.74 Å². The average Bonchev–Trinajstić information content (AvgIpc) is 2.16. The van der Waals surface area contributed by atoms with Crippen LogP contribution in [0.4, 0.5) is 0 Å². The van der Waals surface area contributed by atoms with Gasteiger partial charge in [-0.25, -0.2) is 0 Å². The van der Waals surface area contributed by atoms with Crippen molar-refractivity contribution in [2.75, 3.05) is 6.61 Å². The Morgan fingerprint density at radius 2 is 2.15 bits per heavy atom. The van der Waals surface area contributed by atoms with E-state index in [-0.39, 0.29) is 0 Å². The molecule has 0 spiro atoms. The Morgan fingerprint density at radius 3 is 2.69 bits per heavy atom. The summed E-state index contributed by atoms with van der Waals surface area (Å²) in [7, 11) is 0. The summed E-state index contributed by atoms with van der Waals surface area (Å²) in [5.74, 6) is 1.21. The predicted molar refractivity (Wildman–Crippen MR) is 56.8 cm³/mol. The molecule has 0 aromatic heterocycles. The van der Waals surface area contributed by atoms with E-state index in [0.717, 1.165) is 17.7 Å². The Kier molecular flexibility index (Phi) is 4.40. The lowest BCUT2D eigenvalue weighted by atomic mass is 10.2. The molecule has 0 unspecified atom stereocenters. The second kappa shape index (κ2) is 5.36. The molecular weight excluding hydrogens is 207 g/mol. The minimum atomic E-state index is 0.480. The molecule has 0 saturated carbocycles. The van der Waals surface area contributed by atoms with E-state index in [1.165, 1.54) is 0 Å². The maximum Gasteiger partial charge on any atom is 0.137 e. The summed E-state index contributed by atoms with van der Waals surface area (Å²) in [4.78, 5) is 0. The number of rotatable bonds is 4. The summed E-state index contributed by atoms with van der Waals surface area (Å²) < 4.78 is 5.41. The zero-order chi connectivity index (χ0) is 9.68. The molecule has 0 aliphatic carbocycles. The van der Waals surface area contributed by atoms with E-state index in [0.29, 0.717) is 17.5 Å². The normalized spacial score (nSPS) is 10.1. The number of hydrogen-bond donors (Lipinski definition) is 0. The third-order valence-corrected chi connectivity index (χ3v) is 2.22. The van der Waals surface area contributed by atoms with Crippen LogP contribution in [0.5, 0.6) is 5.75 Å². The fourth-order valence-electron chi connectivity index (χ4n) is 0.957. The molecule has 1 aromatic carbocycles. The first-order valence-electron chi connectivity index (χ1n) is 4.25. The Bertz CT molecular complexity index is 274. The van der Waals surface area contributed by atoms with Crippen molar-refractivity contribution in [3.8, 4) is 5.75 Å². The van der Waals surface area contributed by atoms with Crippen LogP contribution in [-0.4, -0.2) is 6.61 Å². The van der Waals surface area contributed by atoms with E-state index >= 15 is 0 Å². The maximum absolute atomic E-state index is 5.96. The first kappa shape index (κ1) is 10.7. The number of halogens is 2. The molecule has 1 aromatic rings. The maximum atomic E-state index is 5.96.